The number of aromatic amines is 1. The zero-order valence-electron chi connectivity index (χ0n) is 15.5. The summed E-state index contributed by atoms with van der Waals surface area (Å²) in [5, 5.41) is 29.8. The molecule has 156 valence electrons. The maximum atomic E-state index is 12.4. The largest absolute Gasteiger partial charge is 0.478 e. The van der Waals surface area contributed by atoms with E-state index in [1.54, 1.807) is 0 Å². The molecule has 0 saturated carbocycles. The van der Waals surface area contributed by atoms with Crippen molar-refractivity contribution in [2.45, 2.75) is 37.4 Å². The third-order valence-electron chi connectivity index (χ3n) is 5.06. The summed E-state index contributed by atoms with van der Waals surface area (Å²) in [7, 11) is 0. The van der Waals surface area contributed by atoms with E-state index in [-0.39, 0.29) is 40.9 Å². The van der Waals surface area contributed by atoms with Gasteiger partial charge in [0.25, 0.3) is 5.56 Å². The van der Waals surface area contributed by atoms with Gasteiger partial charge in [0.2, 0.25) is 0 Å². The molecule has 3 aromatic rings. The van der Waals surface area contributed by atoms with Gasteiger partial charge in [-0.2, -0.15) is 0 Å². The van der Waals surface area contributed by atoms with Crippen molar-refractivity contribution < 1.29 is 29.6 Å². The van der Waals surface area contributed by atoms with Gasteiger partial charge in [0.1, 0.15) is 12.2 Å². The van der Waals surface area contributed by atoms with E-state index in [9.17, 15) is 24.6 Å². The third kappa shape index (κ3) is 3.49. The lowest BCUT2D eigenvalue weighted by atomic mass is 10.00. The summed E-state index contributed by atoms with van der Waals surface area (Å²) in [4.78, 5) is 45.7. The quantitative estimate of drug-likeness (QED) is 0.409. The van der Waals surface area contributed by atoms with Gasteiger partial charge in [-0.25, -0.2) is 14.8 Å². The minimum Gasteiger partial charge on any atom is -0.478 e. The highest BCUT2D eigenvalue weighted by Crippen LogP contribution is 2.33. The highest BCUT2D eigenvalue weighted by atomic mass is 16.6. The van der Waals surface area contributed by atoms with Crippen molar-refractivity contribution in [1.82, 2.24) is 19.5 Å². The lowest BCUT2D eigenvalue weighted by Gasteiger charge is -2.16. The molecule has 1 fully saturated rings. The molecule has 0 unspecified atom stereocenters. The van der Waals surface area contributed by atoms with Gasteiger partial charge in [0, 0.05) is 12.0 Å². The number of carboxylic acid groups (broad SMARTS) is 1. The number of aromatic carboxylic acids is 1. The van der Waals surface area contributed by atoms with Crippen LogP contribution in [0.3, 0.4) is 0 Å². The lowest BCUT2D eigenvalue weighted by Crippen LogP contribution is -2.31. The summed E-state index contributed by atoms with van der Waals surface area (Å²) in [5.41, 5.74) is 0.0564. The average molecular weight is 414 g/mol. The van der Waals surface area contributed by atoms with E-state index in [1.165, 1.54) is 41.5 Å². The Hall–Kier alpha value is -3.41. The fourth-order valence-corrected chi connectivity index (χ4v) is 3.49. The first-order valence-electron chi connectivity index (χ1n) is 9.15. The first kappa shape index (κ1) is 19.9. The van der Waals surface area contributed by atoms with E-state index in [1.807, 2.05) is 0 Å². The number of hydrogen-bond acceptors (Lipinski definition) is 8. The molecule has 30 heavy (non-hydrogen) atoms. The van der Waals surface area contributed by atoms with Gasteiger partial charge >= 0.3 is 5.97 Å². The van der Waals surface area contributed by atoms with Crippen molar-refractivity contribution in [3.63, 3.8) is 0 Å². The Bertz CT molecular complexity index is 1170. The van der Waals surface area contributed by atoms with E-state index in [4.69, 9.17) is 9.84 Å². The average Bonchev–Trinajstić information content (AvgIpc) is 3.29. The summed E-state index contributed by atoms with van der Waals surface area (Å²) in [5.74, 6) is -1.45. The van der Waals surface area contributed by atoms with E-state index in [2.05, 4.69) is 15.0 Å². The molecule has 11 nitrogen and oxygen atoms in total. The number of rotatable bonds is 6. The Kier molecular flexibility index (Phi) is 5.16. The first-order valence-corrected chi connectivity index (χ1v) is 9.15. The van der Waals surface area contributed by atoms with Crippen LogP contribution in [0, 0.1) is 0 Å². The summed E-state index contributed by atoms with van der Waals surface area (Å²) in [6.45, 7) is 0. The molecular weight excluding hydrogens is 396 g/mol. The van der Waals surface area contributed by atoms with E-state index in [0.29, 0.717) is 0 Å². The highest BCUT2D eigenvalue weighted by Gasteiger charge is 2.44. The number of aromatic nitrogens is 4. The molecule has 1 aromatic carbocycles. The predicted molar refractivity (Wildman–Crippen MR) is 101 cm³/mol. The number of nitrogens with one attached hydrogen (secondary N) is 1. The van der Waals surface area contributed by atoms with Crippen LogP contribution in [0.25, 0.3) is 11.2 Å². The van der Waals surface area contributed by atoms with Crippen LogP contribution in [0.2, 0.25) is 0 Å². The topological polar surface area (TPSA) is 168 Å². The SMILES string of the molecule is O=C(O)c1cccc(C(=O)CC[C@@H]2O[C@@H](n3cnc4c(=O)[nH]cnc43)[C@@H](O)[C@H]2O)c1. The number of aliphatic hydroxyl groups excluding tert-OH is 2. The molecule has 1 saturated heterocycles. The van der Waals surface area contributed by atoms with Gasteiger partial charge in [-0.1, -0.05) is 12.1 Å². The number of Topliss-reactive ketones (excluding diaryl/α,β-unsaturated/α-hetero) is 1. The number of carboxylic acids is 1. The van der Waals surface area contributed by atoms with Crippen LogP contribution >= 0.6 is 0 Å². The minimum atomic E-state index is -1.32. The number of carbonyl (C=O) groups excluding carboxylic acids is 1. The fraction of sp³-hybridized carbons (Fsp3) is 0.316. The summed E-state index contributed by atoms with van der Waals surface area (Å²) in [6.07, 6.45) is -1.91. The van der Waals surface area contributed by atoms with Crippen LogP contribution < -0.4 is 5.56 Å². The van der Waals surface area contributed by atoms with Crippen LogP contribution in [0.5, 0.6) is 0 Å². The third-order valence-corrected chi connectivity index (χ3v) is 5.06. The van der Waals surface area contributed by atoms with Crippen LogP contribution in [-0.4, -0.2) is 64.9 Å². The molecule has 1 aliphatic rings. The number of imidazole rings is 1. The molecule has 4 atom stereocenters. The minimum absolute atomic E-state index is 0.00274. The molecule has 11 heteroatoms. The van der Waals surface area contributed by atoms with Gasteiger partial charge in [-0.3, -0.25) is 14.2 Å². The Labute approximate surface area is 168 Å². The zero-order chi connectivity index (χ0) is 21.4. The van der Waals surface area contributed by atoms with E-state index in [0.717, 1.165) is 0 Å². The number of benzene rings is 1. The van der Waals surface area contributed by atoms with Gasteiger partial charge in [0.15, 0.2) is 23.2 Å². The van der Waals surface area contributed by atoms with Crippen molar-refractivity contribution >= 4 is 22.9 Å². The number of carbonyl (C=O) groups is 2. The predicted octanol–water partition coefficient (Wildman–Crippen LogP) is 0.100. The maximum absolute atomic E-state index is 12.4. The van der Waals surface area contributed by atoms with Crippen molar-refractivity contribution in [2.24, 2.45) is 0 Å². The molecule has 0 radical (unpaired) electrons. The number of fused-ring (bicyclic) bond motifs is 1. The highest BCUT2D eigenvalue weighted by molar-refractivity contribution is 5.98. The number of aliphatic hydroxyl groups is 2. The number of nitrogens with zero attached hydrogens (tertiary/aromatic N) is 3. The summed E-state index contributed by atoms with van der Waals surface area (Å²) in [6, 6.07) is 5.67. The molecular formula is C19H18N4O7. The molecule has 0 spiro atoms. The van der Waals surface area contributed by atoms with Crippen LogP contribution in [-0.2, 0) is 4.74 Å². The van der Waals surface area contributed by atoms with Crippen molar-refractivity contribution in [2.75, 3.05) is 0 Å². The summed E-state index contributed by atoms with van der Waals surface area (Å²) < 4.78 is 7.11. The molecule has 0 aliphatic carbocycles. The van der Waals surface area contributed by atoms with Crippen LogP contribution in [0.15, 0.2) is 41.7 Å². The van der Waals surface area contributed by atoms with E-state index >= 15 is 0 Å². The van der Waals surface area contributed by atoms with Crippen molar-refractivity contribution in [3.8, 4) is 0 Å². The van der Waals surface area contributed by atoms with Crippen LogP contribution in [0.1, 0.15) is 39.8 Å². The smallest absolute Gasteiger partial charge is 0.335 e. The molecule has 4 N–H and O–H groups in total. The molecule has 1 aliphatic heterocycles. The molecule has 3 heterocycles. The molecule has 0 bridgehead atoms. The Morgan fingerprint density at radius 2 is 1.93 bits per heavy atom. The van der Waals surface area contributed by atoms with Gasteiger partial charge in [-0.05, 0) is 18.6 Å². The molecule has 2 aromatic heterocycles. The fourth-order valence-electron chi connectivity index (χ4n) is 3.49. The number of hydrogen-bond donors (Lipinski definition) is 4. The molecule has 0 amide bonds. The van der Waals surface area contributed by atoms with Gasteiger partial charge in [-0.15, -0.1) is 0 Å². The monoisotopic (exact) mass is 414 g/mol. The second-order valence-corrected chi connectivity index (χ2v) is 6.95. The Balaban J connectivity index is 1.48. The zero-order valence-corrected chi connectivity index (χ0v) is 15.5. The second-order valence-electron chi connectivity index (χ2n) is 6.95. The van der Waals surface area contributed by atoms with E-state index < -0.39 is 36.1 Å². The molecule has 4 rings (SSSR count). The van der Waals surface area contributed by atoms with Gasteiger partial charge < -0.3 is 25.0 Å². The normalized spacial score (nSPS) is 23.7. The maximum Gasteiger partial charge on any atom is 0.335 e. The van der Waals surface area contributed by atoms with Crippen molar-refractivity contribution in [3.05, 3.63) is 58.4 Å². The second kappa shape index (κ2) is 7.78. The lowest BCUT2D eigenvalue weighted by molar-refractivity contribution is -0.0369. The number of ether oxygens (including phenoxy) is 1. The Morgan fingerprint density at radius 1 is 1.17 bits per heavy atom. The summed E-state index contributed by atoms with van der Waals surface area (Å²) >= 11 is 0. The number of ketones is 1. The van der Waals surface area contributed by atoms with Crippen molar-refractivity contribution in [1.29, 1.82) is 0 Å². The number of H-pyrrole nitrogens is 1. The Morgan fingerprint density at radius 3 is 2.70 bits per heavy atom. The first-order chi connectivity index (χ1) is 14.4. The standard InChI is InChI=1S/C19H18N4O7/c24-11(9-2-1-3-10(6-9)19(28)29)4-5-12-14(25)15(26)18(30-12)23-8-22-13-16(23)20-7-21-17(13)27/h1-3,6-8,12,14-15,18,25-26H,4-5H2,(H,28,29)(H,20,21,27)/t12-,14-,15-,18+/m0/s1. The van der Waals surface area contributed by atoms with Crippen LogP contribution in [0.4, 0.5) is 0 Å². The van der Waals surface area contributed by atoms with Gasteiger partial charge in [0.05, 0.1) is 24.3 Å².